The molecule has 1 aromatic rings. The van der Waals surface area contributed by atoms with Gasteiger partial charge in [0.1, 0.15) is 12.4 Å². The highest BCUT2D eigenvalue weighted by atomic mass is 32.2. The average molecular weight is 382 g/mol. The average Bonchev–Trinajstić information content (AvgIpc) is 2.81. The molecule has 3 amide bonds. The monoisotopic (exact) mass is 382 g/mol. The number of ether oxygens (including phenoxy) is 1. The summed E-state index contributed by atoms with van der Waals surface area (Å²) in [5.41, 5.74) is 0.350. The number of fused-ring (bicyclic) bond motifs is 1. The van der Waals surface area contributed by atoms with Crippen molar-refractivity contribution in [2.45, 2.75) is 24.8 Å². The third-order valence-electron chi connectivity index (χ3n) is 3.07. The minimum Gasteiger partial charge on any atom is -0.454 e. The second-order valence-corrected chi connectivity index (χ2v) is 7.25. The lowest BCUT2D eigenvalue weighted by Gasteiger charge is -2.09. The van der Waals surface area contributed by atoms with E-state index >= 15 is 0 Å². The molecule has 2 rings (SSSR count). The number of aliphatic imine (C=N–C) groups is 1. The van der Waals surface area contributed by atoms with Gasteiger partial charge >= 0.3 is 12.0 Å². The molecule has 0 saturated carbocycles. The first-order chi connectivity index (χ1) is 12.2. The summed E-state index contributed by atoms with van der Waals surface area (Å²) < 4.78 is 30.7. The molecule has 0 aromatic heterocycles. The first kappa shape index (κ1) is 19.4. The molecule has 0 spiro atoms. The SMILES string of the molecule is CC(C)NC(=O)NC(=O)COC(=O)CN=C1NS(=O)(=O)c2ccccc21. The van der Waals surface area contributed by atoms with E-state index in [0.717, 1.165) is 0 Å². The van der Waals surface area contributed by atoms with Crippen molar-refractivity contribution in [3.8, 4) is 0 Å². The summed E-state index contributed by atoms with van der Waals surface area (Å²) in [6.07, 6.45) is 0. The fourth-order valence-corrected chi connectivity index (χ4v) is 3.30. The van der Waals surface area contributed by atoms with Crippen molar-refractivity contribution in [1.29, 1.82) is 0 Å². The molecule has 0 aliphatic carbocycles. The van der Waals surface area contributed by atoms with Crippen LogP contribution < -0.4 is 15.4 Å². The third-order valence-corrected chi connectivity index (χ3v) is 4.46. The number of urea groups is 1. The van der Waals surface area contributed by atoms with Crippen molar-refractivity contribution in [1.82, 2.24) is 15.4 Å². The number of carbonyl (C=O) groups is 3. The zero-order valence-electron chi connectivity index (χ0n) is 14.1. The summed E-state index contributed by atoms with van der Waals surface area (Å²) >= 11 is 0. The highest BCUT2D eigenvalue weighted by molar-refractivity contribution is 7.90. The molecule has 0 bridgehead atoms. The van der Waals surface area contributed by atoms with Crippen LogP contribution >= 0.6 is 0 Å². The van der Waals surface area contributed by atoms with E-state index in [-0.39, 0.29) is 16.8 Å². The lowest BCUT2D eigenvalue weighted by molar-refractivity contribution is -0.146. The van der Waals surface area contributed by atoms with Gasteiger partial charge in [0.15, 0.2) is 6.61 Å². The summed E-state index contributed by atoms with van der Waals surface area (Å²) in [4.78, 5) is 38.4. The van der Waals surface area contributed by atoms with Crippen LogP contribution in [0.3, 0.4) is 0 Å². The quantitative estimate of drug-likeness (QED) is 0.586. The number of benzene rings is 1. The van der Waals surface area contributed by atoms with E-state index in [1.807, 2.05) is 5.32 Å². The van der Waals surface area contributed by atoms with E-state index in [1.165, 1.54) is 6.07 Å². The van der Waals surface area contributed by atoms with Gasteiger partial charge < -0.3 is 10.1 Å². The molecule has 1 aliphatic rings. The van der Waals surface area contributed by atoms with Gasteiger partial charge in [0.05, 0.1) is 4.90 Å². The van der Waals surface area contributed by atoms with Gasteiger partial charge in [-0.05, 0) is 26.0 Å². The largest absolute Gasteiger partial charge is 0.454 e. The predicted octanol–water partition coefficient (Wildman–Crippen LogP) is -0.497. The molecule has 0 radical (unpaired) electrons. The molecule has 0 fully saturated rings. The number of amides is 3. The zero-order valence-corrected chi connectivity index (χ0v) is 14.9. The zero-order chi connectivity index (χ0) is 19.3. The summed E-state index contributed by atoms with van der Waals surface area (Å²) in [7, 11) is -3.69. The number of amidine groups is 1. The Morgan fingerprint density at radius 2 is 1.92 bits per heavy atom. The Hall–Kier alpha value is -2.95. The summed E-state index contributed by atoms with van der Waals surface area (Å²) in [5, 5.41) is 4.44. The van der Waals surface area contributed by atoms with Crippen molar-refractivity contribution < 1.29 is 27.5 Å². The smallest absolute Gasteiger partial charge is 0.328 e. The van der Waals surface area contributed by atoms with E-state index in [1.54, 1.807) is 32.0 Å². The van der Waals surface area contributed by atoms with Gasteiger partial charge in [-0.1, -0.05) is 12.1 Å². The van der Waals surface area contributed by atoms with Crippen molar-refractivity contribution in [3.05, 3.63) is 29.8 Å². The van der Waals surface area contributed by atoms with Gasteiger partial charge in [-0.3, -0.25) is 24.6 Å². The number of hydrogen-bond donors (Lipinski definition) is 3. The number of nitrogens with one attached hydrogen (secondary N) is 3. The van der Waals surface area contributed by atoms with E-state index in [4.69, 9.17) is 4.74 Å². The molecule has 11 heteroatoms. The third kappa shape index (κ3) is 5.02. The Morgan fingerprint density at radius 3 is 2.62 bits per heavy atom. The fraction of sp³-hybridized carbons (Fsp3) is 0.333. The number of carbonyl (C=O) groups excluding carboxylic acids is 3. The number of rotatable bonds is 5. The minimum atomic E-state index is -3.69. The molecule has 3 N–H and O–H groups in total. The molecule has 10 nitrogen and oxygen atoms in total. The van der Waals surface area contributed by atoms with Crippen molar-refractivity contribution in [3.63, 3.8) is 0 Å². The first-order valence-electron chi connectivity index (χ1n) is 7.61. The molecule has 1 heterocycles. The Bertz CT molecular complexity index is 863. The fourth-order valence-electron chi connectivity index (χ4n) is 2.05. The maximum Gasteiger partial charge on any atom is 0.328 e. The van der Waals surface area contributed by atoms with Crippen LogP contribution in [-0.2, 0) is 24.3 Å². The molecule has 140 valence electrons. The number of sulfonamides is 1. The van der Waals surface area contributed by atoms with Crippen LogP contribution in [0.25, 0.3) is 0 Å². The van der Waals surface area contributed by atoms with Gasteiger partial charge in [0.2, 0.25) is 0 Å². The molecule has 1 aromatic carbocycles. The maximum absolute atomic E-state index is 11.9. The molecule has 0 atom stereocenters. The lowest BCUT2D eigenvalue weighted by atomic mass is 10.2. The Kier molecular flexibility index (Phi) is 5.93. The van der Waals surface area contributed by atoms with Gasteiger partial charge in [-0.25, -0.2) is 13.2 Å². The van der Waals surface area contributed by atoms with E-state index < -0.39 is 41.1 Å². The van der Waals surface area contributed by atoms with Crippen molar-refractivity contribution in [2.75, 3.05) is 13.2 Å². The summed E-state index contributed by atoms with van der Waals surface area (Å²) in [6, 6.07) is 5.34. The normalized spacial score (nSPS) is 15.9. The van der Waals surface area contributed by atoms with Crippen LogP contribution in [0.1, 0.15) is 19.4 Å². The van der Waals surface area contributed by atoms with Crippen LogP contribution in [0.5, 0.6) is 0 Å². The number of esters is 1. The lowest BCUT2D eigenvalue weighted by Crippen LogP contribution is -2.44. The van der Waals surface area contributed by atoms with Crippen LogP contribution in [0, 0.1) is 0 Å². The van der Waals surface area contributed by atoms with Crippen molar-refractivity contribution >= 4 is 33.8 Å². The van der Waals surface area contributed by atoms with Gasteiger partial charge in [0, 0.05) is 11.6 Å². The van der Waals surface area contributed by atoms with Gasteiger partial charge in [-0.2, -0.15) is 0 Å². The molecule has 0 saturated heterocycles. The molecular formula is C15H18N4O6S. The van der Waals surface area contributed by atoms with Crippen LogP contribution in [0.2, 0.25) is 0 Å². The highest BCUT2D eigenvalue weighted by Gasteiger charge is 2.30. The first-order valence-corrected chi connectivity index (χ1v) is 9.10. The highest BCUT2D eigenvalue weighted by Crippen LogP contribution is 2.21. The Morgan fingerprint density at radius 1 is 1.23 bits per heavy atom. The summed E-state index contributed by atoms with van der Waals surface area (Å²) in [6.45, 7) is 2.30. The summed E-state index contributed by atoms with van der Waals surface area (Å²) in [5.74, 6) is -1.62. The second kappa shape index (κ2) is 7.95. The van der Waals surface area contributed by atoms with E-state index in [2.05, 4.69) is 15.0 Å². The number of imide groups is 1. The van der Waals surface area contributed by atoms with E-state index in [0.29, 0.717) is 5.56 Å². The minimum absolute atomic E-state index is 0.0262. The molecular weight excluding hydrogens is 364 g/mol. The van der Waals surface area contributed by atoms with Crippen LogP contribution in [-0.4, -0.2) is 51.4 Å². The Labute approximate surface area is 150 Å². The van der Waals surface area contributed by atoms with E-state index in [9.17, 15) is 22.8 Å². The number of hydrogen-bond acceptors (Lipinski definition) is 7. The van der Waals surface area contributed by atoms with Crippen molar-refractivity contribution in [2.24, 2.45) is 4.99 Å². The van der Waals surface area contributed by atoms with Gasteiger partial charge in [0.25, 0.3) is 15.9 Å². The molecule has 26 heavy (non-hydrogen) atoms. The molecule has 1 aliphatic heterocycles. The van der Waals surface area contributed by atoms with Gasteiger partial charge in [-0.15, -0.1) is 0 Å². The second-order valence-electron chi connectivity index (χ2n) is 5.60. The number of nitrogens with zero attached hydrogens (tertiary/aromatic N) is 1. The maximum atomic E-state index is 11.9. The standard InChI is InChI=1S/C15H18N4O6S/c1-9(2)17-15(22)18-12(20)8-25-13(21)7-16-14-10-5-3-4-6-11(10)26(23,24)19-14/h3-6,9H,7-8H2,1-2H3,(H,16,19)(H2,17,18,20,22). The Balaban J connectivity index is 1.87. The predicted molar refractivity (Wildman–Crippen MR) is 90.9 cm³/mol. The van der Waals surface area contributed by atoms with Crippen LogP contribution in [0.15, 0.2) is 34.2 Å². The van der Waals surface area contributed by atoms with Crippen LogP contribution in [0.4, 0.5) is 4.79 Å². The molecule has 0 unspecified atom stereocenters. The topological polar surface area (TPSA) is 143 Å².